The average Bonchev–Trinajstić information content (AvgIpc) is 3.38. The number of piperazine rings is 1. The van der Waals surface area contributed by atoms with Gasteiger partial charge in [0.2, 0.25) is 10.0 Å². The van der Waals surface area contributed by atoms with Crippen LogP contribution >= 0.6 is 22.6 Å². The number of benzene rings is 3. The van der Waals surface area contributed by atoms with Gasteiger partial charge in [0.05, 0.1) is 16.8 Å². The topological polar surface area (TPSA) is 80.6 Å². The number of anilines is 1. The Kier molecular flexibility index (Phi) is 7.02. The predicted octanol–water partition coefficient (Wildman–Crippen LogP) is 3.96. The molecule has 180 valence electrons. The van der Waals surface area contributed by atoms with Crippen molar-refractivity contribution in [1.29, 1.82) is 0 Å². The van der Waals surface area contributed by atoms with Crippen molar-refractivity contribution < 1.29 is 13.2 Å². The Morgan fingerprint density at radius 3 is 2.20 bits per heavy atom. The minimum Gasteiger partial charge on any atom is -0.487 e. The summed E-state index contributed by atoms with van der Waals surface area (Å²) in [5.41, 5.74) is 2.52. The van der Waals surface area contributed by atoms with Crippen LogP contribution in [0.4, 0.5) is 5.69 Å². The predicted molar refractivity (Wildman–Crippen MR) is 142 cm³/mol. The van der Waals surface area contributed by atoms with Crippen molar-refractivity contribution in [1.82, 2.24) is 19.3 Å². The van der Waals surface area contributed by atoms with E-state index in [-0.39, 0.29) is 4.90 Å². The third-order valence-electron chi connectivity index (χ3n) is 5.84. The summed E-state index contributed by atoms with van der Waals surface area (Å²) in [5.74, 6) is 0.763. The summed E-state index contributed by atoms with van der Waals surface area (Å²) in [4.78, 5) is 2.48. The van der Waals surface area contributed by atoms with Crippen LogP contribution in [0.25, 0.3) is 5.69 Å². The summed E-state index contributed by atoms with van der Waals surface area (Å²) >= 11 is 2.25. The fraction of sp³-hybridized carbons (Fsp3) is 0.200. The smallest absolute Gasteiger partial charge is 0.243 e. The molecule has 2 heterocycles. The quantitative estimate of drug-likeness (QED) is 0.299. The van der Waals surface area contributed by atoms with Gasteiger partial charge in [-0.1, -0.05) is 23.4 Å². The van der Waals surface area contributed by atoms with E-state index in [0.29, 0.717) is 38.5 Å². The number of ether oxygens (including phenoxy) is 1. The lowest BCUT2D eigenvalue weighted by Crippen LogP contribution is -2.48. The van der Waals surface area contributed by atoms with Crippen LogP contribution in [-0.4, -0.2) is 53.9 Å². The highest BCUT2D eigenvalue weighted by molar-refractivity contribution is 14.1. The van der Waals surface area contributed by atoms with Gasteiger partial charge in [-0.2, -0.15) is 4.31 Å². The molecule has 1 fully saturated rings. The highest BCUT2D eigenvalue weighted by Gasteiger charge is 2.28. The van der Waals surface area contributed by atoms with Crippen LogP contribution in [0.1, 0.15) is 5.69 Å². The molecule has 3 aromatic carbocycles. The van der Waals surface area contributed by atoms with Crippen molar-refractivity contribution in [2.24, 2.45) is 0 Å². The van der Waals surface area contributed by atoms with E-state index in [4.69, 9.17) is 4.74 Å². The fourth-order valence-electron chi connectivity index (χ4n) is 3.92. The Hall–Kier alpha value is -2.96. The first-order valence-electron chi connectivity index (χ1n) is 11.2. The minimum absolute atomic E-state index is 0.275. The van der Waals surface area contributed by atoms with Gasteiger partial charge in [0.25, 0.3) is 0 Å². The Labute approximate surface area is 218 Å². The van der Waals surface area contributed by atoms with Crippen molar-refractivity contribution in [2.45, 2.75) is 11.5 Å². The number of para-hydroxylation sites is 1. The molecule has 4 aromatic rings. The van der Waals surface area contributed by atoms with E-state index in [1.54, 1.807) is 39.4 Å². The molecule has 35 heavy (non-hydrogen) atoms. The molecular weight excluding hydrogens is 577 g/mol. The average molecular weight is 601 g/mol. The van der Waals surface area contributed by atoms with E-state index in [2.05, 4.69) is 37.8 Å². The second-order valence-electron chi connectivity index (χ2n) is 8.12. The number of rotatable bonds is 7. The van der Waals surface area contributed by atoms with Crippen LogP contribution in [-0.2, 0) is 16.6 Å². The summed E-state index contributed by atoms with van der Waals surface area (Å²) in [6, 6.07) is 24.6. The van der Waals surface area contributed by atoms with Crippen molar-refractivity contribution in [3.05, 3.63) is 94.3 Å². The maximum Gasteiger partial charge on any atom is 0.243 e. The van der Waals surface area contributed by atoms with Gasteiger partial charge in [0, 0.05) is 35.4 Å². The third kappa shape index (κ3) is 5.49. The Morgan fingerprint density at radius 2 is 1.51 bits per heavy atom. The number of hydrogen-bond acceptors (Lipinski definition) is 6. The molecule has 10 heteroatoms. The third-order valence-corrected chi connectivity index (χ3v) is 8.47. The van der Waals surface area contributed by atoms with Crippen molar-refractivity contribution in [2.75, 3.05) is 31.1 Å². The highest BCUT2D eigenvalue weighted by Crippen LogP contribution is 2.22. The van der Waals surface area contributed by atoms with Crippen LogP contribution in [0.3, 0.4) is 0 Å². The van der Waals surface area contributed by atoms with Crippen LogP contribution in [0.5, 0.6) is 5.75 Å². The minimum atomic E-state index is -3.56. The van der Waals surface area contributed by atoms with E-state index in [0.717, 1.165) is 20.7 Å². The molecule has 0 aliphatic carbocycles. The maximum absolute atomic E-state index is 13.2. The molecule has 1 aromatic heterocycles. The molecule has 1 aliphatic heterocycles. The summed E-state index contributed by atoms with van der Waals surface area (Å²) in [5, 5.41) is 8.31. The lowest BCUT2D eigenvalue weighted by atomic mass is 10.2. The van der Waals surface area contributed by atoms with Crippen molar-refractivity contribution >= 4 is 38.3 Å². The normalized spacial score (nSPS) is 14.7. The zero-order valence-corrected chi connectivity index (χ0v) is 21.8. The summed E-state index contributed by atoms with van der Waals surface area (Å²) in [6.45, 7) is 2.51. The van der Waals surface area contributed by atoms with Gasteiger partial charge in [-0.15, -0.1) is 5.10 Å². The molecule has 5 rings (SSSR count). The van der Waals surface area contributed by atoms with E-state index in [9.17, 15) is 8.42 Å². The van der Waals surface area contributed by atoms with Gasteiger partial charge in [-0.05, 0) is 83.3 Å². The second-order valence-corrected chi connectivity index (χ2v) is 11.3. The molecule has 0 saturated carbocycles. The lowest BCUT2D eigenvalue weighted by molar-refractivity contribution is 0.301. The number of aromatic nitrogens is 3. The number of nitrogens with zero attached hydrogens (tertiary/aromatic N) is 5. The van der Waals surface area contributed by atoms with E-state index >= 15 is 0 Å². The zero-order valence-electron chi connectivity index (χ0n) is 18.9. The Balaban J connectivity index is 1.21. The molecule has 0 spiro atoms. The number of hydrogen-bond donors (Lipinski definition) is 0. The standard InChI is InChI=1S/C25H24IN5O3S/c26-20-6-10-24(11-7-20)34-19-21-18-31(28-27-21)23-8-12-25(13-9-23)35(32,33)30-16-14-29(15-17-30)22-4-2-1-3-5-22/h1-13,18H,14-17,19H2. The van der Waals surface area contributed by atoms with Gasteiger partial charge in [-0.3, -0.25) is 0 Å². The summed E-state index contributed by atoms with van der Waals surface area (Å²) < 4.78 is 36.4. The van der Waals surface area contributed by atoms with Crippen molar-refractivity contribution in [3.8, 4) is 11.4 Å². The van der Waals surface area contributed by atoms with Crippen molar-refractivity contribution in [3.63, 3.8) is 0 Å². The molecule has 0 atom stereocenters. The maximum atomic E-state index is 13.2. The molecule has 0 bridgehead atoms. The second kappa shape index (κ2) is 10.3. The van der Waals surface area contributed by atoms with Crippen LogP contribution in [0, 0.1) is 3.57 Å². The highest BCUT2D eigenvalue weighted by atomic mass is 127. The molecule has 0 radical (unpaired) electrons. The van der Waals surface area contributed by atoms with Crippen LogP contribution in [0.15, 0.2) is 90.0 Å². The Morgan fingerprint density at radius 1 is 0.829 bits per heavy atom. The van der Waals surface area contributed by atoms with Gasteiger partial charge in [-0.25, -0.2) is 13.1 Å². The molecule has 0 unspecified atom stereocenters. The molecule has 1 saturated heterocycles. The first kappa shape index (κ1) is 23.8. The molecular formula is C25H24IN5O3S. The molecule has 0 amide bonds. The SMILES string of the molecule is O=S(=O)(c1ccc(-n2cc(COc3ccc(I)cc3)nn2)cc1)N1CCN(c2ccccc2)CC1. The molecule has 1 aliphatic rings. The van der Waals surface area contributed by atoms with Crippen LogP contribution < -0.4 is 9.64 Å². The van der Waals surface area contributed by atoms with E-state index < -0.39 is 10.0 Å². The summed E-state index contributed by atoms with van der Waals surface area (Å²) in [6.07, 6.45) is 1.78. The van der Waals surface area contributed by atoms with Gasteiger partial charge >= 0.3 is 0 Å². The number of sulfonamides is 1. The van der Waals surface area contributed by atoms with Gasteiger partial charge in [0.15, 0.2) is 0 Å². The monoisotopic (exact) mass is 601 g/mol. The van der Waals surface area contributed by atoms with E-state index in [1.165, 1.54) is 0 Å². The first-order valence-corrected chi connectivity index (χ1v) is 13.7. The lowest BCUT2D eigenvalue weighted by Gasteiger charge is -2.35. The number of halogens is 1. The largest absolute Gasteiger partial charge is 0.487 e. The first-order chi connectivity index (χ1) is 17.0. The van der Waals surface area contributed by atoms with Crippen LogP contribution in [0.2, 0.25) is 0 Å². The van der Waals surface area contributed by atoms with E-state index in [1.807, 2.05) is 54.6 Å². The zero-order chi connectivity index (χ0) is 24.3. The van der Waals surface area contributed by atoms with Gasteiger partial charge < -0.3 is 9.64 Å². The molecule has 0 N–H and O–H groups in total. The fourth-order valence-corrected chi connectivity index (χ4v) is 5.71. The summed E-state index contributed by atoms with van der Waals surface area (Å²) in [7, 11) is -3.56. The Bertz CT molecular complexity index is 1370. The molecule has 8 nitrogen and oxygen atoms in total. The van der Waals surface area contributed by atoms with Gasteiger partial charge in [0.1, 0.15) is 18.1 Å².